The number of ether oxygens (including phenoxy) is 2. The molecule has 0 aromatic carbocycles. The molecule has 0 saturated heterocycles. The van der Waals surface area contributed by atoms with Gasteiger partial charge in [-0.25, -0.2) is 4.79 Å². The van der Waals surface area contributed by atoms with Gasteiger partial charge in [0, 0.05) is 5.41 Å². The average molecular weight is 199 g/mol. The van der Waals surface area contributed by atoms with Crippen LogP contribution in [-0.2, 0) is 9.47 Å². The van der Waals surface area contributed by atoms with Crippen LogP contribution < -0.4 is 5.73 Å². The molecule has 80 valence electrons. The molecule has 0 bridgehead atoms. The predicted octanol–water partition coefficient (Wildman–Crippen LogP) is 1.15. The van der Waals surface area contributed by atoms with Gasteiger partial charge in [-0.05, 0) is 0 Å². The minimum absolute atomic E-state index is 0.203. The van der Waals surface area contributed by atoms with Crippen LogP contribution in [-0.4, -0.2) is 25.4 Å². The molecule has 0 aliphatic carbocycles. The number of rotatable bonds is 4. The van der Waals surface area contributed by atoms with Crippen molar-refractivity contribution in [2.75, 3.05) is 13.2 Å². The van der Waals surface area contributed by atoms with Gasteiger partial charge in [-0.15, -0.1) is 6.42 Å². The fraction of sp³-hybridized carbons (Fsp3) is 0.700. The summed E-state index contributed by atoms with van der Waals surface area (Å²) in [5, 5.41) is 0. The van der Waals surface area contributed by atoms with Crippen LogP contribution >= 0.6 is 0 Å². The van der Waals surface area contributed by atoms with E-state index in [0.29, 0.717) is 0 Å². The molecule has 0 saturated carbocycles. The lowest BCUT2D eigenvalue weighted by molar-refractivity contribution is -0.0215. The lowest BCUT2D eigenvalue weighted by Crippen LogP contribution is -2.37. The standard InChI is InChI=1S/C10H17NO3/c1-5-6-13-7-8(10(2,3)4)14-9(11)12/h1,8H,6-7H2,2-4H3,(H2,11,12). The first-order valence-electron chi connectivity index (χ1n) is 4.35. The van der Waals surface area contributed by atoms with E-state index in [1.807, 2.05) is 20.8 Å². The van der Waals surface area contributed by atoms with E-state index in [-0.39, 0.29) is 24.7 Å². The number of nitrogens with two attached hydrogens (primary N) is 1. The highest BCUT2D eigenvalue weighted by atomic mass is 16.6. The maximum atomic E-state index is 10.6. The third kappa shape index (κ3) is 5.44. The van der Waals surface area contributed by atoms with E-state index in [0.717, 1.165) is 0 Å². The van der Waals surface area contributed by atoms with Crippen LogP contribution in [0.3, 0.4) is 0 Å². The van der Waals surface area contributed by atoms with Gasteiger partial charge in [0.25, 0.3) is 0 Å². The summed E-state index contributed by atoms with van der Waals surface area (Å²) in [5.74, 6) is 2.33. The lowest BCUT2D eigenvalue weighted by atomic mass is 9.89. The molecule has 4 nitrogen and oxygen atoms in total. The summed E-state index contributed by atoms with van der Waals surface area (Å²) in [7, 11) is 0. The van der Waals surface area contributed by atoms with Crippen LogP contribution in [0.5, 0.6) is 0 Å². The predicted molar refractivity (Wildman–Crippen MR) is 53.6 cm³/mol. The Balaban J connectivity index is 4.13. The Kier molecular flexibility index (Phi) is 5.03. The first-order valence-corrected chi connectivity index (χ1v) is 4.35. The molecular weight excluding hydrogens is 182 g/mol. The molecule has 4 heteroatoms. The Morgan fingerprint density at radius 2 is 2.14 bits per heavy atom. The van der Waals surface area contributed by atoms with Gasteiger partial charge in [-0.3, -0.25) is 0 Å². The first kappa shape index (κ1) is 12.8. The van der Waals surface area contributed by atoms with E-state index >= 15 is 0 Å². The average Bonchev–Trinajstić information content (AvgIpc) is 2.00. The van der Waals surface area contributed by atoms with Gasteiger partial charge < -0.3 is 15.2 Å². The van der Waals surface area contributed by atoms with Crippen molar-refractivity contribution < 1.29 is 14.3 Å². The number of hydrogen-bond acceptors (Lipinski definition) is 3. The summed E-state index contributed by atoms with van der Waals surface area (Å²) < 4.78 is 10.0. The van der Waals surface area contributed by atoms with Crippen LogP contribution in [0.4, 0.5) is 4.79 Å². The maximum absolute atomic E-state index is 10.6. The summed E-state index contributed by atoms with van der Waals surface area (Å²) in [6, 6.07) is 0. The molecule has 0 aliphatic heterocycles. The number of carbonyl (C=O) groups excluding carboxylic acids is 1. The monoisotopic (exact) mass is 199 g/mol. The summed E-state index contributed by atoms with van der Waals surface area (Å²) in [6.45, 7) is 6.25. The summed E-state index contributed by atoms with van der Waals surface area (Å²) in [4.78, 5) is 10.6. The number of carbonyl (C=O) groups is 1. The van der Waals surface area contributed by atoms with E-state index in [2.05, 4.69) is 5.92 Å². The van der Waals surface area contributed by atoms with E-state index in [4.69, 9.17) is 21.6 Å². The molecule has 0 aromatic heterocycles. The summed E-state index contributed by atoms with van der Waals surface area (Å²) in [6.07, 6.45) is 3.84. The van der Waals surface area contributed by atoms with Crippen LogP contribution in [0.1, 0.15) is 20.8 Å². The molecule has 0 radical (unpaired) electrons. The molecule has 0 spiro atoms. The van der Waals surface area contributed by atoms with Crippen LogP contribution in [0.2, 0.25) is 0 Å². The second-order valence-corrected chi connectivity index (χ2v) is 4.01. The van der Waals surface area contributed by atoms with Crippen molar-refractivity contribution >= 4 is 6.09 Å². The van der Waals surface area contributed by atoms with Gasteiger partial charge in [0.05, 0.1) is 6.61 Å². The SMILES string of the molecule is C#CCOCC(OC(N)=O)C(C)(C)C. The van der Waals surface area contributed by atoms with Crippen molar-refractivity contribution in [2.45, 2.75) is 26.9 Å². The van der Waals surface area contributed by atoms with E-state index in [1.54, 1.807) is 0 Å². The number of hydrogen-bond donors (Lipinski definition) is 1. The Morgan fingerprint density at radius 1 is 1.57 bits per heavy atom. The molecule has 0 aliphatic rings. The van der Waals surface area contributed by atoms with Crippen LogP contribution in [0.15, 0.2) is 0 Å². The fourth-order valence-electron chi connectivity index (χ4n) is 0.826. The number of terminal acetylenes is 1. The van der Waals surface area contributed by atoms with E-state index in [9.17, 15) is 4.79 Å². The quantitative estimate of drug-likeness (QED) is 0.545. The fourth-order valence-corrected chi connectivity index (χ4v) is 0.826. The maximum Gasteiger partial charge on any atom is 0.404 e. The minimum atomic E-state index is -0.797. The highest BCUT2D eigenvalue weighted by molar-refractivity contribution is 5.64. The van der Waals surface area contributed by atoms with Crippen molar-refractivity contribution in [1.82, 2.24) is 0 Å². The number of primary amides is 1. The second-order valence-electron chi connectivity index (χ2n) is 4.01. The Morgan fingerprint density at radius 3 is 2.50 bits per heavy atom. The molecule has 14 heavy (non-hydrogen) atoms. The summed E-state index contributed by atoms with van der Waals surface area (Å²) in [5.41, 5.74) is 4.72. The molecule has 0 heterocycles. The molecule has 0 rings (SSSR count). The third-order valence-corrected chi connectivity index (χ3v) is 1.68. The smallest absolute Gasteiger partial charge is 0.404 e. The minimum Gasteiger partial charge on any atom is -0.443 e. The molecule has 1 amide bonds. The van der Waals surface area contributed by atoms with Crippen LogP contribution in [0.25, 0.3) is 0 Å². The van der Waals surface area contributed by atoms with Crippen molar-refractivity contribution in [1.29, 1.82) is 0 Å². The Labute approximate surface area is 84.8 Å². The number of amides is 1. The topological polar surface area (TPSA) is 61.6 Å². The molecule has 0 aromatic rings. The van der Waals surface area contributed by atoms with E-state index in [1.165, 1.54) is 0 Å². The zero-order chi connectivity index (χ0) is 11.2. The normalized spacial score (nSPS) is 13.0. The van der Waals surface area contributed by atoms with E-state index < -0.39 is 6.09 Å². The van der Waals surface area contributed by atoms with Gasteiger partial charge in [-0.1, -0.05) is 26.7 Å². The van der Waals surface area contributed by atoms with Crippen LogP contribution in [0, 0.1) is 17.8 Å². The van der Waals surface area contributed by atoms with Gasteiger partial charge in [0.1, 0.15) is 12.7 Å². The molecule has 2 N–H and O–H groups in total. The highest BCUT2D eigenvalue weighted by Crippen LogP contribution is 2.22. The first-order chi connectivity index (χ1) is 6.38. The molecular formula is C10H17NO3. The molecule has 1 atom stereocenters. The highest BCUT2D eigenvalue weighted by Gasteiger charge is 2.27. The zero-order valence-electron chi connectivity index (χ0n) is 8.87. The van der Waals surface area contributed by atoms with Gasteiger partial charge in [0.2, 0.25) is 0 Å². The molecule has 0 fully saturated rings. The molecule has 1 unspecified atom stereocenters. The summed E-state index contributed by atoms with van der Waals surface area (Å²) >= 11 is 0. The van der Waals surface area contributed by atoms with Gasteiger partial charge in [-0.2, -0.15) is 0 Å². The van der Waals surface area contributed by atoms with Crippen molar-refractivity contribution in [3.63, 3.8) is 0 Å². The zero-order valence-corrected chi connectivity index (χ0v) is 8.87. The largest absolute Gasteiger partial charge is 0.443 e. The van der Waals surface area contributed by atoms with Crippen molar-refractivity contribution in [3.8, 4) is 12.3 Å². The van der Waals surface area contributed by atoms with Crippen molar-refractivity contribution in [2.24, 2.45) is 11.1 Å². The lowest BCUT2D eigenvalue weighted by Gasteiger charge is -2.29. The van der Waals surface area contributed by atoms with Crippen molar-refractivity contribution in [3.05, 3.63) is 0 Å². The van der Waals surface area contributed by atoms with Gasteiger partial charge >= 0.3 is 6.09 Å². The Hall–Kier alpha value is -1.21. The third-order valence-electron chi connectivity index (χ3n) is 1.68. The second kappa shape index (κ2) is 5.51. The van der Waals surface area contributed by atoms with Gasteiger partial charge in [0.15, 0.2) is 0 Å². The Bertz CT molecular complexity index is 225.